The number of benzene rings is 1. The zero-order chi connectivity index (χ0) is 13.9. The van der Waals surface area contributed by atoms with E-state index in [4.69, 9.17) is 4.74 Å². The lowest BCUT2D eigenvalue weighted by atomic mass is 10.00. The number of rotatable bonds is 2. The average molecular weight is 358 g/mol. The van der Waals surface area contributed by atoms with E-state index in [2.05, 4.69) is 39.4 Å². The van der Waals surface area contributed by atoms with Gasteiger partial charge < -0.3 is 10.1 Å². The number of hydrogen-bond acceptors (Lipinski definition) is 3. The first kappa shape index (κ1) is 14.5. The van der Waals surface area contributed by atoms with Crippen LogP contribution in [-0.2, 0) is 10.8 Å². The van der Waals surface area contributed by atoms with Crippen molar-refractivity contribution in [1.82, 2.24) is 5.32 Å². The molecule has 2 aliphatic rings. The van der Waals surface area contributed by atoms with E-state index in [1.807, 2.05) is 0 Å². The maximum absolute atomic E-state index is 11.4. The Hall–Kier alpha value is -0.390. The second-order valence-electron chi connectivity index (χ2n) is 5.51. The monoisotopic (exact) mass is 357 g/mol. The van der Waals surface area contributed by atoms with E-state index in [1.165, 1.54) is 5.56 Å². The Labute approximate surface area is 131 Å². The molecule has 2 heterocycles. The maximum atomic E-state index is 11.4. The van der Waals surface area contributed by atoms with Crippen LogP contribution in [0.3, 0.4) is 0 Å². The lowest BCUT2D eigenvalue weighted by Gasteiger charge is -2.28. The number of hydrogen-bond donors (Lipinski definition) is 1. The molecular formula is C15H20BrNO2S. The van der Waals surface area contributed by atoms with Crippen LogP contribution in [0.15, 0.2) is 22.7 Å². The second kappa shape index (κ2) is 6.58. The molecule has 0 aromatic heterocycles. The van der Waals surface area contributed by atoms with Gasteiger partial charge in [0.15, 0.2) is 0 Å². The fourth-order valence-corrected chi connectivity index (χ4v) is 4.60. The van der Waals surface area contributed by atoms with E-state index in [9.17, 15) is 4.21 Å². The van der Waals surface area contributed by atoms with Crippen molar-refractivity contribution in [3.63, 3.8) is 0 Å². The lowest BCUT2D eigenvalue weighted by molar-refractivity contribution is 0.313. The normalized spacial score (nSPS) is 30.1. The maximum Gasteiger partial charge on any atom is 0.125 e. The molecule has 0 bridgehead atoms. The topological polar surface area (TPSA) is 38.3 Å². The van der Waals surface area contributed by atoms with Crippen LogP contribution in [0.25, 0.3) is 0 Å². The van der Waals surface area contributed by atoms with Gasteiger partial charge in [0.05, 0.1) is 6.61 Å². The van der Waals surface area contributed by atoms with Crippen LogP contribution in [-0.4, -0.2) is 28.4 Å². The average Bonchev–Trinajstić information content (AvgIpc) is 2.63. The summed E-state index contributed by atoms with van der Waals surface area (Å²) in [4.78, 5) is 0. The molecule has 1 N–H and O–H groups in total. The van der Waals surface area contributed by atoms with E-state index in [0.717, 1.165) is 54.0 Å². The smallest absolute Gasteiger partial charge is 0.125 e. The number of nitrogens with one attached hydrogen (secondary N) is 1. The molecule has 1 fully saturated rings. The summed E-state index contributed by atoms with van der Waals surface area (Å²) >= 11 is 3.51. The Morgan fingerprint density at radius 2 is 2.05 bits per heavy atom. The van der Waals surface area contributed by atoms with Crippen LogP contribution in [0.2, 0.25) is 0 Å². The highest BCUT2D eigenvalue weighted by molar-refractivity contribution is 9.10. The van der Waals surface area contributed by atoms with E-state index in [0.29, 0.717) is 12.1 Å². The molecule has 0 spiro atoms. The van der Waals surface area contributed by atoms with Crippen LogP contribution >= 0.6 is 15.9 Å². The first-order valence-electron chi connectivity index (χ1n) is 7.25. The minimum atomic E-state index is -0.590. The zero-order valence-electron chi connectivity index (χ0n) is 11.4. The minimum Gasteiger partial charge on any atom is -0.493 e. The highest BCUT2D eigenvalue weighted by atomic mass is 79.9. The van der Waals surface area contributed by atoms with Gasteiger partial charge in [-0.1, -0.05) is 22.0 Å². The van der Waals surface area contributed by atoms with Crippen molar-refractivity contribution in [3.8, 4) is 5.75 Å². The van der Waals surface area contributed by atoms with Gasteiger partial charge in [-0.25, -0.2) is 0 Å². The van der Waals surface area contributed by atoms with E-state index in [1.54, 1.807) is 0 Å². The van der Waals surface area contributed by atoms with Gasteiger partial charge in [0, 0.05) is 44.4 Å². The molecule has 1 aromatic rings. The summed E-state index contributed by atoms with van der Waals surface area (Å²) in [6.07, 6.45) is 4.22. The van der Waals surface area contributed by atoms with Crippen molar-refractivity contribution in [2.24, 2.45) is 0 Å². The number of halogens is 1. The van der Waals surface area contributed by atoms with Crippen LogP contribution < -0.4 is 10.1 Å². The van der Waals surface area contributed by atoms with E-state index < -0.39 is 10.8 Å². The van der Waals surface area contributed by atoms with Gasteiger partial charge in [-0.15, -0.1) is 0 Å². The van der Waals surface area contributed by atoms with Crippen molar-refractivity contribution >= 4 is 26.7 Å². The summed E-state index contributed by atoms with van der Waals surface area (Å²) in [7, 11) is -0.590. The molecule has 3 nitrogen and oxygen atoms in total. The molecule has 3 rings (SSSR count). The largest absolute Gasteiger partial charge is 0.493 e. The molecule has 0 radical (unpaired) electrons. The predicted molar refractivity (Wildman–Crippen MR) is 85.6 cm³/mol. The summed E-state index contributed by atoms with van der Waals surface area (Å²) in [6.45, 7) is 0.788. The standard InChI is InChI=1S/C15H20BrNO2S/c16-11-3-4-13-14(2-1-7-19-15(13)10-11)17-12-5-8-20(18)9-6-12/h3-4,10,12,14,17H,1-2,5-9H2. The van der Waals surface area contributed by atoms with Gasteiger partial charge >= 0.3 is 0 Å². The van der Waals surface area contributed by atoms with Crippen molar-refractivity contribution in [1.29, 1.82) is 0 Å². The number of ether oxygens (including phenoxy) is 1. The van der Waals surface area contributed by atoms with Gasteiger partial charge in [-0.05, 0) is 37.8 Å². The molecule has 1 aromatic carbocycles. The Balaban J connectivity index is 1.74. The van der Waals surface area contributed by atoms with Gasteiger partial charge in [-0.3, -0.25) is 4.21 Å². The van der Waals surface area contributed by atoms with Crippen molar-refractivity contribution < 1.29 is 8.95 Å². The molecule has 110 valence electrons. The Morgan fingerprint density at radius 1 is 1.25 bits per heavy atom. The summed E-state index contributed by atoms with van der Waals surface area (Å²) in [5.74, 6) is 2.68. The van der Waals surface area contributed by atoms with Crippen LogP contribution in [0, 0.1) is 0 Å². The summed E-state index contributed by atoms with van der Waals surface area (Å²) < 4.78 is 18.4. The molecule has 0 aliphatic carbocycles. The molecule has 0 amide bonds. The quantitative estimate of drug-likeness (QED) is 0.883. The Morgan fingerprint density at radius 3 is 2.85 bits per heavy atom. The van der Waals surface area contributed by atoms with E-state index in [-0.39, 0.29) is 0 Å². The van der Waals surface area contributed by atoms with Crippen LogP contribution in [0.1, 0.15) is 37.3 Å². The van der Waals surface area contributed by atoms with E-state index >= 15 is 0 Å². The third kappa shape index (κ3) is 3.43. The van der Waals surface area contributed by atoms with Crippen molar-refractivity contribution in [3.05, 3.63) is 28.2 Å². The summed E-state index contributed by atoms with van der Waals surface area (Å²) in [5.41, 5.74) is 1.26. The minimum absolute atomic E-state index is 0.358. The van der Waals surface area contributed by atoms with Gasteiger partial charge in [-0.2, -0.15) is 0 Å². The van der Waals surface area contributed by atoms with Crippen LogP contribution in [0.5, 0.6) is 5.75 Å². The highest BCUT2D eigenvalue weighted by Crippen LogP contribution is 2.34. The van der Waals surface area contributed by atoms with Gasteiger partial charge in [0.25, 0.3) is 0 Å². The molecule has 1 unspecified atom stereocenters. The summed E-state index contributed by atoms with van der Waals surface area (Å²) in [6, 6.07) is 7.15. The van der Waals surface area contributed by atoms with Crippen molar-refractivity contribution in [2.45, 2.75) is 37.8 Å². The predicted octanol–water partition coefficient (Wildman–Crippen LogP) is 3.16. The fourth-order valence-electron chi connectivity index (χ4n) is 2.96. The second-order valence-corrected chi connectivity index (χ2v) is 8.13. The third-order valence-electron chi connectivity index (χ3n) is 4.07. The van der Waals surface area contributed by atoms with Crippen LogP contribution in [0.4, 0.5) is 0 Å². The fraction of sp³-hybridized carbons (Fsp3) is 0.600. The SMILES string of the molecule is O=S1CCC(NC2CCCOc3cc(Br)ccc32)CC1. The molecule has 0 saturated carbocycles. The first-order valence-corrected chi connectivity index (χ1v) is 9.54. The van der Waals surface area contributed by atoms with Gasteiger partial charge in [0.2, 0.25) is 0 Å². The summed E-state index contributed by atoms with van der Waals surface area (Å²) in [5, 5.41) is 3.76. The zero-order valence-corrected chi connectivity index (χ0v) is 13.8. The highest BCUT2D eigenvalue weighted by Gasteiger charge is 2.25. The lowest BCUT2D eigenvalue weighted by Crippen LogP contribution is -2.38. The first-order chi connectivity index (χ1) is 9.72. The molecule has 1 atom stereocenters. The number of fused-ring (bicyclic) bond motifs is 1. The Kier molecular flexibility index (Phi) is 4.79. The Bertz CT molecular complexity index is 499. The third-order valence-corrected chi connectivity index (χ3v) is 5.95. The molecule has 1 saturated heterocycles. The molecule has 5 heteroatoms. The molecule has 2 aliphatic heterocycles. The van der Waals surface area contributed by atoms with Gasteiger partial charge in [0.1, 0.15) is 5.75 Å². The van der Waals surface area contributed by atoms with Crippen molar-refractivity contribution in [2.75, 3.05) is 18.1 Å². The molecule has 20 heavy (non-hydrogen) atoms. The molecular weight excluding hydrogens is 338 g/mol.